The summed E-state index contributed by atoms with van der Waals surface area (Å²) in [6, 6.07) is 0.633. The van der Waals surface area contributed by atoms with Crippen LogP contribution in [-0.4, -0.2) is 25.8 Å². The number of rotatable bonds is 0. The van der Waals surface area contributed by atoms with Crippen molar-refractivity contribution in [2.24, 2.45) is 5.41 Å². The molecule has 1 atom stereocenters. The van der Waals surface area contributed by atoms with Gasteiger partial charge in [0.25, 0.3) is 0 Å². The molecule has 1 aliphatic rings. The van der Waals surface area contributed by atoms with E-state index in [9.17, 15) is 0 Å². The zero-order valence-corrected chi connectivity index (χ0v) is 7.81. The van der Waals surface area contributed by atoms with Gasteiger partial charge in [0.15, 0.2) is 0 Å². The maximum absolute atomic E-state index is 5.48. The van der Waals surface area contributed by atoms with Crippen molar-refractivity contribution < 1.29 is 4.74 Å². The topological polar surface area (TPSA) is 21.3 Å². The quantitative estimate of drug-likeness (QED) is 0.574. The monoisotopic (exact) mass is 157 g/mol. The Morgan fingerprint density at radius 2 is 2.18 bits per heavy atom. The molecule has 0 bridgehead atoms. The molecule has 0 saturated carbocycles. The minimum Gasteiger partial charge on any atom is -0.380 e. The summed E-state index contributed by atoms with van der Waals surface area (Å²) in [4.78, 5) is 0. The van der Waals surface area contributed by atoms with E-state index in [1.165, 1.54) is 6.42 Å². The smallest absolute Gasteiger partial charge is 0.0591 e. The molecule has 0 aromatic carbocycles. The lowest BCUT2D eigenvalue weighted by molar-refractivity contribution is 0.0392. The maximum atomic E-state index is 5.48. The van der Waals surface area contributed by atoms with Crippen molar-refractivity contribution in [3.05, 3.63) is 0 Å². The Bertz CT molecular complexity index is 123. The summed E-state index contributed by atoms with van der Waals surface area (Å²) < 4.78 is 5.48. The van der Waals surface area contributed by atoms with Crippen LogP contribution in [0.2, 0.25) is 0 Å². The van der Waals surface area contributed by atoms with Gasteiger partial charge in [-0.2, -0.15) is 0 Å². The number of ether oxygens (including phenoxy) is 1. The highest BCUT2D eigenvalue weighted by atomic mass is 16.5. The largest absolute Gasteiger partial charge is 0.380 e. The van der Waals surface area contributed by atoms with E-state index in [2.05, 4.69) is 26.1 Å². The molecule has 0 aromatic rings. The molecule has 1 fully saturated rings. The summed E-state index contributed by atoms with van der Waals surface area (Å²) >= 11 is 0. The van der Waals surface area contributed by atoms with Crippen LogP contribution in [0.15, 0.2) is 0 Å². The van der Waals surface area contributed by atoms with Crippen LogP contribution < -0.4 is 5.32 Å². The van der Waals surface area contributed by atoms with Crippen molar-refractivity contribution >= 4 is 0 Å². The Balaban J connectivity index is 2.42. The third-order valence-corrected chi connectivity index (χ3v) is 2.09. The minimum atomic E-state index is 0.340. The summed E-state index contributed by atoms with van der Waals surface area (Å²) in [6.45, 7) is 9.52. The molecule has 11 heavy (non-hydrogen) atoms. The molecule has 1 N–H and O–H groups in total. The van der Waals surface area contributed by atoms with E-state index in [4.69, 9.17) is 4.74 Å². The number of nitrogens with one attached hydrogen (secondary N) is 1. The van der Waals surface area contributed by atoms with E-state index in [-0.39, 0.29) is 0 Å². The van der Waals surface area contributed by atoms with Crippen molar-refractivity contribution in [2.75, 3.05) is 19.8 Å². The predicted molar refractivity (Wildman–Crippen MR) is 46.7 cm³/mol. The molecular formula is C9H19NO. The molecular weight excluding hydrogens is 138 g/mol. The average molecular weight is 157 g/mol. The first-order valence-electron chi connectivity index (χ1n) is 4.41. The van der Waals surface area contributed by atoms with Crippen LogP contribution in [-0.2, 0) is 4.74 Å². The molecule has 0 aliphatic carbocycles. The van der Waals surface area contributed by atoms with Crippen molar-refractivity contribution in [3.8, 4) is 0 Å². The van der Waals surface area contributed by atoms with E-state index >= 15 is 0 Å². The first-order valence-corrected chi connectivity index (χ1v) is 4.41. The summed E-state index contributed by atoms with van der Waals surface area (Å²) in [6.07, 6.45) is 1.20. The van der Waals surface area contributed by atoms with E-state index < -0.39 is 0 Å². The molecule has 2 nitrogen and oxygen atoms in total. The molecule has 1 rings (SSSR count). The zero-order chi connectivity index (χ0) is 8.32. The second-order valence-corrected chi connectivity index (χ2v) is 4.28. The Labute approximate surface area is 69.3 Å². The van der Waals surface area contributed by atoms with Gasteiger partial charge in [-0.25, -0.2) is 0 Å². The molecule has 0 amide bonds. The fourth-order valence-electron chi connectivity index (χ4n) is 1.69. The van der Waals surface area contributed by atoms with Gasteiger partial charge in [0.2, 0.25) is 0 Å². The summed E-state index contributed by atoms with van der Waals surface area (Å²) in [5, 5.41) is 3.42. The van der Waals surface area contributed by atoms with Gasteiger partial charge in [0, 0.05) is 12.6 Å². The molecule has 1 unspecified atom stereocenters. The fraction of sp³-hybridized carbons (Fsp3) is 1.00. The lowest BCUT2D eigenvalue weighted by atomic mass is 9.87. The van der Waals surface area contributed by atoms with Gasteiger partial charge >= 0.3 is 0 Å². The van der Waals surface area contributed by atoms with Crippen LogP contribution in [0.5, 0.6) is 0 Å². The normalized spacial score (nSPS) is 32.5. The minimum absolute atomic E-state index is 0.340. The molecule has 1 saturated heterocycles. The van der Waals surface area contributed by atoms with Crippen LogP contribution in [0.4, 0.5) is 0 Å². The van der Waals surface area contributed by atoms with E-state index in [1.807, 2.05) is 0 Å². The number of hydrogen-bond acceptors (Lipinski definition) is 2. The molecule has 0 radical (unpaired) electrons. The van der Waals surface area contributed by atoms with E-state index in [0.29, 0.717) is 11.5 Å². The Kier molecular flexibility index (Phi) is 2.90. The second kappa shape index (κ2) is 3.55. The highest BCUT2D eigenvalue weighted by molar-refractivity contribution is 4.76. The summed E-state index contributed by atoms with van der Waals surface area (Å²) in [5.41, 5.74) is 0.340. The first kappa shape index (κ1) is 9.01. The standard InChI is InChI=1S/C9H19NO/c1-8-6-9(2,3)7-11-5-4-10-8/h8,10H,4-7H2,1-3H3. The molecule has 66 valence electrons. The molecule has 0 spiro atoms. The van der Waals surface area contributed by atoms with E-state index in [0.717, 1.165) is 19.8 Å². The van der Waals surface area contributed by atoms with Gasteiger partial charge in [0.1, 0.15) is 0 Å². The van der Waals surface area contributed by atoms with Gasteiger partial charge in [-0.05, 0) is 18.8 Å². The predicted octanol–water partition coefficient (Wildman–Crippen LogP) is 1.41. The van der Waals surface area contributed by atoms with Crippen LogP contribution in [0, 0.1) is 5.41 Å². The maximum Gasteiger partial charge on any atom is 0.0591 e. The highest BCUT2D eigenvalue weighted by Crippen LogP contribution is 2.23. The van der Waals surface area contributed by atoms with Gasteiger partial charge in [-0.15, -0.1) is 0 Å². The Hall–Kier alpha value is -0.0800. The van der Waals surface area contributed by atoms with Gasteiger partial charge in [-0.1, -0.05) is 13.8 Å². The lowest BCUT2D eigenvalue weighted by Crippen LogP contribution is -2.38. The average Bonchev–Trinajstić information content (AvgIpc) is 1.82. The van der Waals surface area contributed by atoms with Crippen molar-refractivity contribution in [3.63, 3.8) is 0 Å². The lowest BCUT2D eigenvalue weighted by Gasteiger charge is -2.31. The van der Waals surface area contributed by atoms with Crippen molar-refractivity contribution in [1.29, 1.82) is 0 Å². The Morgan fingerprint density at radius 3 is 2.91 bits per heavy atom. The number of hydrogen-bond donors (Lipinski definition) is 1. The van der Waals surface area contributed by atoms with Gasteiger partial charge in [-0.3, -0.25) is 0 Å². The third-order valence-electron chi connectivity index (χ3n) is 2.09. The SMILES string of the molecule is CC1CC(C)(C)COCCN1. The second-order valence-electron chi connectivity index (χ2n) is 4.28. The summed E-state index contributed by atoms with van der Waals surface area (Å²) in [5.74, 6) is 0. The van der Waals surface area contributed by atoms with E-state index in [1.54, 1.807) is 0 Å². The molecule has 0 aromatic heterocycles. The molecule has 2 heteroatoms. The highest BCUT2D eigenvalue weighted by Gasteiger charge is 2.22. The van der Waals surface area contributed by atoms with Crippen molar-refractivity contribution in [2.45, 2.75) is 33.2 Å². The van der Waals surface area contributed by atoms with Crippen molar-refractivity contribution in [1.82, 2.24) is 5.32 Å². The van der Waals surface area contributed by atoms with Crippen LogP contribution in [0.3, 0.4) is 0 Å². The summed E-state index contributed by atoms with van der Waals surface area (Å²) in [7, 11) is 0. The van der Waals surface area contributed by atoms with Crippen LogP contribution in [0.25, 0.3) is 0 Å². The fourth-order valence-corrected chi connectivity index (χ4v) is 1.69. The van der Waals surface area contributed by atoms with Crippen LogP contribution >= 0.6 is 0 Å². The van der Waals surface area contributed by atoms with Crippen LogP contribution in [0.1, 0.15) is 27.2 Å². The Morgan fingerprint density at radius 1 is 1.45 bits per heavy atom. The van der Waals surface area contributed by atoms with Gasteiger partial charge < -0.3 is 10.1 Å². The zero-order valence-electron chi connectivity index (χ0n) is 7.81. The van der Waals surface area contributed by atoms with Gasteiger partial charge in [0.05, 0.1) is 13.2 Å². The molecule has 1 heterocycles. The third kappa shape index (κ3) is 3.21. The first-order chi connectivity index (χ1) is 5.10. The molecule has 1 aliphatic heterocycles.